The molecule has 4 N–H and O–H groups in total. The molecule has 0 aliphatic carbocycles. The number of H-pyrrole nitrogens is 1. The van der Waals surface area contributed by atoms with Gasteiger partial charge in [-0.05, 0) is 36.5 Å². The molecule has 0 bridgehead atoms. The molecule has 1 heterocycles. The molecular formula is C13H10F2N2O2S. The van der Waals surface area contributed by atoms with Crippen molar-refractivity contribution in [3.63, 3.8) is 0 Å². The lowest BCUT2D eigenvalue weighted by Crippen LogP contribution is -1.85. The van der Waals surface area contributed by atoms with E-state index in [1.165, 1.54) is 24.3 Å². The summed E-state index contributed by atoms with van der Waals surface area (Å²) in [6.45, 7) is 0. The largest absolute Gasteiger partial charge is 0.506 e. The first-order chi connectivity index (χ1) is 9.45. The van der Waals surface area contributed by atoms with Crippen LogP contribution in [-0.2, 0) is 0 Å². The van der Waals surface area contributed by atoms with Gasteiger partial charge in [-0.3, -0.25) is 0 Å². The highest BCUT2D eigenvalue weighted by atomic mass is 32.1. The number of nitrogens with two attached hydrogens (primary N) is 1. The Morgan fingerprint density at radius 1 is 1.10 bits per heavy atom. The predicted molar refractivity (Wildman–Crippen MR) is 73.8 cm³/mol. The minimum atomic E-state index is -0.440. The van der Waals surface area contributed by atoms with Crippen LogP contribution in [0.15, 0.2) is 40.8 Å². The Bertz CT molecular complexity index is 798. The van der Waals surface area contributed by atoms with Crippen LogP contribution in [0.2, 0.25) is 0 Å². The molecule has 0 saturated heterocycles. The van der Waals surface area contributed by atoms with Crippen LogP contribution in [0.25, 0.3) is 11.1 Å². The highest BCUT2D eigenvalue weighted by Crippen LogP contribution is 2.18. The van der Waals surface area contributed by atoms with Crippen molar-refractivity contribution in [1.82, 2.24) is 4.98 Å². The fraction of sp³-hybridized carbons (Fsp3) is 0. The smallest absolute Gasteiger partial charge is 0.266 e. The van der Waals surface area contributed by atoms with Crippen LogP contribution in [0.5, 0.6) is 5.75 Å². The number of oxazole rings is 1. The van der Waals surface area contributed by atoms with E-state index in [4.69, 9.17) is 27.5 Å². The molecule has 3 aromatic rings. The molecule has 1 aromatic heterocycles. The number of aromatic amines is 1. The number of nitrogen functional groups attached to an aromatic ring is 1. The van der Waals surface area contributed by atoms with Gasteiger partial charge in [0.1, 0.15) is 17.4 Å². The van der Waals surface area contributed by atoms with E-state index in [1.807, 2.05) is 0 Å². The van der Waals surface area contributed by atoms with Crippen molar-refractivity contribution >= 4 is 29.0 Å². The molecule has 0 fully saturated rings. The van der Waals surface area contributed by atoms with E-state index in [1.54, 1.807) is 0 Å². The Morgan fingerprint density at radius 3 is 2.40 bits per heavy atom. The van der Waals surface area contributed by atoms with E-state index >= 15 is 0 Å². The third kappa shape index (κ3) is 3.33. The van der Waals surface area contributed by atoms with Crippen LogP contribution in [0.3, 0.4) is 0 Å². The minimum Gasteiger partial charge on any atom is -0.506 e. The van der Waals surface area contributed by atoms with E-state index < -0.39 is 5.82 Å². The molecule has 0 spiro atoms. The van der Waals surface area contributed by atoms with Gasteiger partial charge in [-0.15, -0.1) is 0 Å². The number of hydrogen-bond donors (Lipinski definition) is 3. The number of aromatic nitrogens is 1. The Balaban J connectivity index is 0.000000151. The molecule has 3 rings (SSSR count). The monoisotopic (exact) mass is 296 g/mol. The number of hydrogen-bond acceptors (Lipinski definition) is 4. The fourth-order valence-corrected chi connectivity index (χ4v) is 1.65. The minimum absolute atomic E-state index is 0.0648. The lowest BCUT2D eigenvalue weighted by molar-refractivity contribution is 0.476. The van der Waals surface area contributed by atoms with E-state index in [0.29, 0.717) is 11.1 Å². The Kier molecular flexibility index (Phi) is 3.99. The normalized spacial score (nSPS) is 10.1. The average molecular weight is 296 g/mol. The quantitative estimate of drug-likeness (QED) is 0.335. The summed E-state index contributed by atoms with van der Waals surface area (Å²) < 4.78 is 29.7. The first-order valence-electron chi connectivity index (χ1n) is 5.48. The Hall–Kier alpha value is -2.41. The van der Waals surface area contributed by atoms with Gasteiger partial charge in [-0.25, -0.2) is 8.78 Å². The van der Waals surface area contributed by atoms with Crippen molar-refractivity contribution in [2.45, 2.75) is 0 Å². The highest BCUT2D eigenvalue weighted by Gasteiger charge is 1.98. The second kappa shape index (κ2) is 5.70. The van der Waals surface area contributed by atoms with Crippen LogP contribution < -0.4 is 5.73 Å². The number of fused-ring (bicyclic) bond motifs is 1. The van der Waals surface area contributed by atoms with Gasteiger partial charge in [0.25, 0.3) is 4.84 Å². The highest BCUT2D eigenvalue weighted by molar-refractivity contribution is 7.71. The SMILES string of the molecule is Fc1ccc2oc(=S)[nH]c2c1.Nc1cc(F)ccc1O. The molecule has 0 atom stereocenters. The second-order valence-electron chi connectivity index (χ2n) is 3.86. The molecular weight excluding hydrogens is 286 g/mol. The van der Waals surface area contributed by atoms with Gasteiger partial charge in [0.15, 0.2) is 5.58 Å². The number of phenolic OH excluding ortho intramolecular Hbond substituents is 1. The Morgan fingerprint density at radius 2 is 1.75 bits per heavy atom. The zero-order valence-electron chi connectivity index (χ0n) is 10.1. The number of rotatable bonds is 0. The fourth-order valence-electron chi connectivity index (χ4n) is 1.45. The number of benzene rings is 2. The summed E-state index contributed by atoms with van der Waals surface area (Å²) in [4.78, 5) is 2.98. The van der Waals surface area contributed by atoms with Crippen LogP contribution >= 0.6 is 12.2 Å². The predicted octanol–water partition coefficient (Wildman–Crippen LogP) is 3.74. The van der Waals surface area contributed by atoms with Crippen molar-refractivity contribution < 1.29 is 18.3 Å². The molecule has 20 heavy (non-hydrogen) atoms. The van der Waals surface area contributed by atoms with Gasteiger partial charge >= 0.3 is 0 Å². The third-order valence-electron chi connectivity index (χ3n) is 2.37. The van der Waals surface area contributed by atoms with Crippen LogP contribution in [0.1, 0.15) is 0 Å². The van der Waals surface area contributed by atoms with Crippen molar-refractivity contribution in [1.29, 1.82) is 0 Å². The molecule has 104 valence electrons. The third-order valence-corrected chi connectivity index (χ3v) is 2.56. The summed E-state index contributed by atoms with van der Waals surface area (Å²) in [7, 11) is 0. The number of aromatic hydroxyl groups is 1. The summed E-state index contributed by atoms with van der Waals surface area (Å²) in [5.74, 6) is -0.828. The first-order valence-corrected chi connectivity index (χ1v) is 5.89. The summed E-state index contributed by atoms with van der Waals surface area (Å²) in [6.07, 6.45) is 0. The average Bonchev–Trinajstić information content (AvgIpc) is 2.74. The molecule has 0 radical (unpaired) electrons. The number of phenols is 1. The number of nitrogens with one attached hydrogen (secondary N) is 1. The number of halogens is 2. The van der Waals surface area contributed by atoms with E-state index in [2.05, 4.69) is 4.98 Å². The van der Waals surface area contributed by atoms with Crippen LogP contribution in [-0.4, -0.2) is 10.1 Å². The maximum atomic E-state index is 12.6. The molecule has 0 amide bonds. The van der Waals surface area contributed by atoms with Gasteiger partial charge in [0.2, 0.25) is 0 Å². The zero-order valence-corrected chi connectivity index (χ0v) is 10.9. The summed E-state index contributed by atoms with van der Waals surface area (Å²) in [6, 6.07) is 7.63. The molecule has 0 unspecified atom stereocenters. The van der Waals surface area contributed by atoms with Gasteiger partial charge in [0, 0.05) is 12.1 Å². The molecule has 0 aliphatic heterocycles. The molecule has 2 aromatic carbocycles. The maximum Gasteiger partial charge on any atom is 0.266 e. The topological polar surface area (TPSA) is 75.2 Å². The molecule has 4 nitrogen and oxygen atoms in total. The van der Waals surface area contributed by atoms with Crippen molar-refractivity contribution in [3.05, 3.63) is 52.9 Å². The summed E-state index contributed by atoms with van der Waals surface area (Å²) in [5, 5.41) is 8.75. The summed E-state index contributed by atoms with van der Waals surface area (Å²) >= 11 is 4.71. The van der Waals surface area contributed by atoms with Gasteiger partial charge in [0.05, 0.1) is 11.2 Å². The molecule has 7 heteroatoms. The van der Waals surface area contributed by atoms with Crippen molar-refractivity contribution in [2.24, 2.45) is 0 Å². The van der Waals surface area contributed by atoms with E-state index in [9.17, 15) is 8.78 Å². The van der Waals surface area contributed by atoms with Gasteiger partial charge < -0.3 is 20.2 Å². The first kappa shape index (κ1) is 14.0. The number of anilines is 1. The van der Waals surface area contributed by atoms with Crippen molar-refractivity contribution in [2.75, 3.05) is 5.73 Å². The second-order valence-corrected chi connectivity index (χ2v) is 4.23. The van der Waals surface area contributed by atoms with Crippen molar-refractivity contribution in [3.8, 4) is 5.75 Å². The molecule has 0 aliphatic rings. The van der Waals surface area contributed by atoms with Crippen LogP contribution in [0.4, 0.5) is 14.5 Å². The summed E-state index contributed by atoms with van der Waals surface area (Å²) in [5.41, 5.74) is 6.37. The lowest BCUT2D eigenvalue weighted by Gasteiger charge is -1.94. The standard InChI is InChI=1S/C7H4FNOS.C6H6FNO/c8-4-1-2-6-5(3-4)9-7(11)10-6;7-4-1-2-6(9)5(8)3-4/h1-3H,(H,9,11);1-3,9H,8H2. The maximum absolute atomic E-state index is 12.6. The van der Waals surface area contributed by atoms with E-state index in [-0.39, 0.29) is 22.1 Å². The van der Waals surface area contributed by atoms with E-state index in [0.717, 1.165) is 12.1 Å². The van der Waals surface area contributed by atoms with Crippen LogP contribution in [0, 0.1) is 16.5 Å². The lowest BCUT2D eigenvalue weighted by atomic mass is 10.3. The van der Waals surface area contributed by atoms with Gasteiger partial charge in [-0.2, -0.15) is 0 Å². The molecule has 0 saturated carbocycles. The van der Waals surface area contributed by atoms with Gasteiger partial charge in [-0.1, -0.05) is 0 Å². The zero-order chi connectivity index (χ0) is 14.7. The Labute approximate surface area is 117 Å².